The zero-order chi connectivity index (χ0) is 11.0. The molecule has 1 aliphatic rings. The van der Waals surface area contributed by atoms with Crippen molar-refractivity contribution >= 4 is 16.7 Å². The van der Waals surface area contributed by atoms with Gasteiger partial charge in [0.1, 0.15) is 0 Å². The smallest absolute Gasteiger partial charge is 0.153 e. The summed E-state index contributed by atoms with van der Waals surface area (Å²) in [6.07, 6.45) is 3.86. The van der Waals surface area contributed by atoms with Crippen LogP contribution in [-0.4, -0.2) is 35.6 Å². The molecule has 2 aromatic rings. The van der Waals surface area contributed by atoms with E-state index in [0.717, 1.165) is 31.0 Å². The second-order valence-electron chi connectivity index (χ2n) is 4.38. The summed E-state index contributed by atoms with van der Waals surface area (Å²) in [4.78, 5) is 10.1. The van der Waals surface area contributed by atoms with E-state index in [4.69, 9.17) is 0 Å². The van der Waals surface area contributed by atoms with E-state index >= 15 is 0 Å². The Hall–Kier alpha value is -1.55. The van der Waals surface area contributed by atoms with E-state index < -0.39 is 0 Å². The number of rotatable bonds is 1. The molecule has 0 aliphatic carbocycles. The van der Waals surface area contributed by atoms with E-state index in [1.165, 1.54) is 5.39 Å². The molecule has 3 heterocycles. The van der Waals surface area contributed by atoms with Gasteiger partial charge in [0.2, 0.25) is 0 Å². The van der Waals surface area contributed by atoms with Crippen molar-refractivity contribution in [1.82, 2.24) is 15.3 Å². The van der Waals surface area contributed by atoms with Gasteiger partial charge in [0.15, 0.2) is 5.82 Å². The van der Waals surface area contributed by atoms with Gasteiger partial charge >= 0.3 is 0 Å². The van der Waals surface area contributed by atoms with Crippen LogP contribution < -0.4 is 10.2 Å². The fourth-order valence-electron chi connectivity index (χ4n) is 2.33. The molecular weight excluding hydrogens is 200 g/mol. The lowest BCUT2D eigenvalue weighted by atomic mass is 10.2. The van der Waals surface area contributed by atoms with E-state index in [1.54, 1.807) is 0 Å². The number of aromatic amines is 1. The minimum atomic E-state index is 0.528. The summed E-state index contributed by atoms with van der Waals surface area (Å²) < 4.78 is 0. The summed E-state index contributed by atoms with van der Waals surface area (Å²) in [5, 5.41) is 4.68. The molecule has 3 rings (SSSR count). The van der Waals surface area contributed by atoms with Gasteiger partial charge in [-0.1, -0.05) is 0 Å². The van der Waals surface area contributed by atoms with Crippen LogP contribution in [-0.2, 0) is 0 Å². The number of hydrogen-bond donors (Lipinski definition) is 2. The molecule has 4 nitrogen and oxygen atoms in total. The molecule has 2 N–H and O–H groups in total. The number of fused-ring (bicyclic) bond motifs is 1. The molecule has 0 bridgehead atoms. The van der Waals surface area contributed by atoms with Gasteiger partial charge in [0.05, 0.1) is 5.52 Å². The largest absolute Gasteiger partial charge is 0.358 e. The average Bonchev–Trinajstić information content (AvgIpc) is 2.76. The van der Waals surface area contributed by atoms with E-state index in [2.05, 4.69) is 33.2 Å². The number of nitrogens with zero attached hydrogens (tertiary/aromatic N) is 2. The maximum atomic E-state index is 4.50. The SMILES string of the molecule is CC1CN(c2nccc3cc[nH]c23)CCN1. The van der Waals surface area contributed by atoms with Crippen molar-refractivity contribution in [2.45, 2.75) is 13.0 Å². The molecule has 16 heavy (non-hydrogen) atoms. The zero-order valence-electron chi connectivity index (χ0n) is 9.40. The van der Waals surface area contributed by atoms with Crippen LogP contribution in [0.1, 0.15) is 6.92 Å². The Morgan fingerprint density at radius 2 is 2.38 bits per heavy atom. The Labute approximate surface area is 94.7 Å². The first-order valence-electron chi connectivity index (χ1n) is 5.75. The molecule has 0 amide bonds. The standard InChI is InChI=1S/C12H16N4/c1-9-8-16(7-6-13-9)12-11-10(2-4-14-11)3-5-15-12/h2-5,9,13-14H,6-8H2,1H3. The third-order valence-corrected chi connectivity index (χ3v) is 3.12. The Morgan fingerprint density at radius 1 is 1.44 bits per heavy atom. The summed E-state index contributed by atoms with van der Waals surface area (Å²) in [6, 6.07) is 4.66. The highest BCUT2D eigenvalue weighted by Crippen LogP contribution is 2.23. The highest BCUT2D eigenvalue weighted by atomic mass is 15.2. The highest BCUT2D eigenvalue weighted by molar-refractivity contribution is 5.89. The first-order chi connectivity index (χ1) is 7.84. The van der Waals surface area contributed by atoms with Crippen LogP contribution in [0.5, 0.6) is 0 Å². The summed E-state index contributed by atoms with van der Waals surface area (Å²) >= 11 is 0. The number of H-pyrrole nitrogens is 1. The second-order valence-corrected chi connectivity index (χ2v) is 4.38. The fourth-order valence-corrected chi connectivity index (χ4v) is 2.33. The topological polar surface area (TPSA) is 44.0 Å². The van der Waals surface area contributed by atoms with Crippen LogP contribution >= 0.6 is 0 Å². The molecule has 2 aromatic heterocycles. The van der Waals surface area contributed by atoms with Gasteiger partial charge in [-0.15, -0.1) is 0 Å². The maximum Gasteiger partial charge on any atom is 0.153 e. The lowest BCUT2D eigenvalue weighted by Gasteiger charge is -2.32. The first-order valence-corrected chi connectivity index (χ1v) is 5.75. The molecule has 84 valence electrons. The number of anilines is 1. The number of nitrogens with one attached hydrogen (secondary N) is 2. The van der Waals surface area contributed by atoms with E-state index in [0.29, 0.717) is 6.04 Å². The minimum absolute atomic E-state index is 0.528. The third-order valence-electron chi connectivity index (χ3n) is 3.12. The van der Waals surface area contributed by atoms with Gasteiger partial charge in [0.25, 0.3) is 0 Å². The molecule has 4 heteroatoms. The zero-order valence-corrected chi connectivity index (χ0v) is 9.40. The third kappa shape index (κ3) is 1.55. The van der Waals surface area contributed by atoms with Crippen LogP contribution in [0, 0.1) is 0 Å². The van der Waals surface area contributed by atoms with Crippen molar-refractivity contribution in [3.63, 3.8) is 0 Å². The number of aromatic nitrogens is 2. The molecule has 0 radical (unpaired) electrons. The molecule has 1 aliphatic heterocycles. The molecule has 0 spiro atoms. The van der Waals surface area contributed by atoms with Crippen LogP contribution in [0.15, 0.2) is 24.5 Å². The normalized spacial score (nSPS) is 21.6. The van der Waals surface area contributed by atoms with Crippen molar-refractivity contribution in [3.05, 3.63) is 24.5 Å². The predicted octanol–water partition coefficient (Wildman–Crippen LogP) is 1.36. The monoisotopic (exact) mass is 216 g/mol. The van der Waals surface area contributed by atoms with Crippen molar-refractivity contribution in [2.75, 3.05) is 24.5 Å². The Morgan fingerprint density at radius 3 is 3.25 bits per heavy atom. The molecule has 1 unspecified atom stereocenters. The van der Waals surface area contributed by atoms with Gasteiger partial charge in [-0.25, -0.2) is 4.98 Å². The number of piperazine rings is 1. The van der Waals surface area contributed by atoms with E-state index in [-0.39, 0.29) is 0 Å². The van der Waals surface area contributed by atoms with Crippen LogP contribution in [0.25, 0.3) is 10.9 Å². The van der Waals surface area contributed by atoms with Gasteiger partial charge in [0, 0.05) is 43.5 Å². The van der Waals surface area contributed by atoms with Crippen molar-refractivity contribution in [2.24, 2.45) is 0 Å². The maximum absolute atomic E-state index is 4.50. The van der Waals surface area contributed by atoms with Crippen molar-refractivity contribution < 1.29 is 0 Å². The summed E-state index contributed by atoms with van der Waals surface area (Å²) in [5.74, 6) is 1.08. The van der Waals surface area contributed by atoms with Crippen LogP contribution in [0.4, 0.5) is 5.82 Å². The van der Waals surface area contributed by atoms with Crippen molar-refractivity contribution in [1.29, 1.82) is 0 Å². The molecule has 0 aromatic carbocycles. The number of hydrogen-bond acceptors (Lipinski definition) is 3. The Kier molecular flexibility index (Phi) is 2.29. The quantitative estimate of drug-likeness (QED) is 0.756. The predicted molar refractivity (Wildman–Crippen MR) is 65.8 cm³/mol. The Bertz CT molecular complexity index is 490. The molecule has 1 saturated heterocycles. The second kappa shape index (κ2) is 3.79. The summed E-state index contributed by atoms with van der Waals surface area (Å²) in [6.45, 7) is 5.28. The summed E-state index contributed by atoms with van der Waals surface area (Å²) in [5.41, 5.74) is 1.15. The molecular formula is C12H16N4. The minimum Gasteiger partial charge on any atom is -0.358 e. The van der Waals surface area contributed by atoms with Gasteiger partial charge < -0.3 is 15.2 Å². The Balaban J connectivity index is 2.01. The lowest BCUT2D eigenvalue weighted by molar-refractivity contribution is 0.483. The molecule has 1 fully saturated rings. The molecule has 0 saturated carbocycles. The summed E-state index contributed by atoms with van der Waals surface area (Å²) in [7, 11) is 0. The van der Waals surface area contributed by atoms with Gasteiger partial charge in [-0.05, 0) is 19.1 Å². The van der Waals surface area contributed by atoms with Gasteiger partial charge in [-0.3, -0.25) is 0 Å². The molecule has 1 atom stereocenters. The number of pyridine rings is 1. The van der Waals surface area contributed by atoms with Gasteiger partial charge in [-0.2, -0.15) is 0 Å². The highest BCUT2D eigenvalue weighted by Gasteiger charge is 2.18. The first kappa shape index (κ1) is 9.66. The van der Waals surface area contributed by atoms with Crippen molar-refractivity contribution in [3.8, 4) is 0 Å². The van der Waals surface area contributed by atoms with Crippen LogP contribution in [0.3, 0.4) is 0 Å². The van der Waals surface area contributed by atoms with E-state index in [9.17, 15) is 0 Å². The van der Waals surface area contributed by atoms with Crippen LogP contribution in [0.2, 0.25) is 0 Å². The average molecular weight is 216 g/mol. The lowest BCUT2D eigenvalue weighted by Crippen LogP contribution is -2.49. The fraction of sp³-hybridized carbons (Fsp3) is 0.417. The van der Waals surface area contributed by atoms with E-state index in [1.807, 2.05) is 18.5 Å².